The lowest BCUT2D eigenvalue weighted by Gasteiger charge is -2.28. The summed E-state index contributed by atoms with van der Waals surface area (Å²) >= 11 is 0. The fourth-order valence-electron chi connectivity index (χ4n) is 1.97. The van der Waals surface area contributed by atoms with Gasteiger partial charge >= 0.3 is 0 Å². The maximum absolute atomic E-state index is 12.1. The van der Waals surface area contributed by atoms with E-state index in [0.717, 1.165) is 5.56 Å². The molecular formula is C14H22N2O2. The van der Waals surface area contributed by atoms with Crippen molar-refractivity contribution in [1.82, 2.24) is 4.90 Å². The van der Waals surface area contributed by atoms with Crippen LogP contribution < -0.4 is 5.73 Å². The molecule has 0 aliphatic heterocycles. The Hall–Kier alpha value is -1.39. The molecule has 1 aromatic carbocycles. The molecule has 0 aliphatic carbocycles. The highest BCUT2D eigenvalue weighted by Gasteiger charge is 2.23. The van der Waals surface area contributed by atoms with Crippen molar-refractivity contribution in [3.63, 3.8) is 0 Å². The fourth-order valence-corrected chi connectivity index (χ4v) is 1.97. The van der Waals surface area contributed by atoms with Gasteiger partial charge in [0.15, 0.2) is 0 Å². The highest BCUT2D eigenvalue weighted by Crippen LogP contribution is 2.22. The van der Waals surface area contributed by atoms with E-state index in [1.54, 1.807) is 11.9 Å². The molecule has 1 aromatic rings. The fraction of sp³-hybridized carbons (Fsp3) is 0.500. The van der Waals surface area contributed by atoms with Crippen molar-refractivity contribution >= 4 is 5.91 Å². The minimum Gasteiger partial charge on any atom is -0.383 e. The van der Waals surface area contributed by atoms with E-state index in [1.165, 1.54) is 12.7 Å². The Morgan fingerprint density at radius 3 is 2.61 bits per heavy atom. The Morgan fingerprint density at radius 1 is 1.44 bits per heavy atom. The predicted molar refractivity (Wildman–Crippen MR) is 72.2 cm³/mol. The van der Waals surface area contributed by atoms with Gasteiger partial charge in [-0.1, -0.05) is 24.3 Å². The normalized spacial score (nSPS) is 14.1. The van der Waals surface area contributed by atoms with E-state index in [0.29, 0.717) is 0 Å². The van der Waals surface area contributed by atoms with Crippen LogP contribution in [0.4, 0.5) is 0 Å². The molecule has 1 amide bonds. The van der Waals surface area contributed by atoms with E-state index in [1.807, 2.05) is 38.1 Å². The quantitative estimate of drug-likeness (QED) is 0.861. The summed E-state index contributed by atoms with van der Waals surface area (Å²) in [5, 5.41) is 0. The topological polar surface area (TPSA) is 55.6 Å². The molecule has 1 rings (SSSR count). The average molecular weight is 250 g/mol. The van der Waals surface area contributed by atoms with Crippen LogP contribution in [-0.4, -0.2) is 37.6 Å². The third kappa shape index (κ3) is 3.31. The number of carbonyl (C=O) groups excluding carboxylic acids is 1. The van der Waals surface area contributed by atoms with E-state index in [-0.39, 0.29) is 18.6 Å². The Balaban J connectivity index is 2.81. The number of nitrogens with two attached hydrogens (primary N) is 1. The lowest BCUT2D eigenvalue weighted by atomic mass is 10.0. The van der Waals surface area contributed by atoms with Crippen molar-refractivity contribution in [1.29, 1.82) is 0 Å². The molecule has 4 heteroatoms. The lowest BCUT2D eigenvalue weighted by Crippen LogP contribution is -2.45. The number of nitrogens with zero attached hydrogens (tertiary/aromatic N) is 1. The SMILES string of the molecule is COCC(N)C(=O)N(C)C(C)c1ccccc1C. The molecule has 0 aliphatic rings. The largest absolute Gasteiger partial charge is 0.383 e. The van der Waals surface area contributed by atoms with Crippen molar-refractivity contribution in [3.8, 4) is 0 Å². The number of likely N-dealkylation sites (N-methyl/N-ethyl adjacent to an activating group) is 1. The van der Waals surface area contributed by atoms with Gasteiger partial charge in [0.05, 0.1) is 12.6 Å². The third-order valence-electron chi connectivity index (χ3n) is 3.23. The van der Waals surface area contributed by atoms with Crippen molar-refractivity contribution in [2.24, 2.45) is 5.73 Å². The number of benzene rings is 1. The number of aryl methyl sites for hydroxylation is 1. The molecule has 100 valence electrons. The molecular weight excluding hydrogens is 228 g/mol. The predicted octanol–water partition coefficient (Wildman–Crippen LogP) is 1.49. The summed E-state index contributed by atoms with van der Waals surface area (Å²) in [5.41, 5.74) is 8.07. The number of hydrogen-bond acceptors (Lipinski definition) is 3. The minimum atomic E-state index is -0.605. The number of methoxy groups -OCH3 is 1. The van der Waals surface area contributed by atoms with Crippen molar-refractivity contribution in [2.75, 3.05) is 20.8 Å². The van der Waals surface area contributed by atoms with Gasteiger partial charge in [-0.15, -0.1) is 0 Å². The van der Waals surface area contributed by atoms with E-state index >= 15 is 0 Å². The summed E-state index contributed by atoms with van der Waals surface area (Å²) in [6.45, 7) is 4.28. The molecule has 2 unspecified atom stereocenters. The molecule has 0 heterocycles. The molecule has 0 radical (unpaired) electrons. The standard InChI is InChI=1S/C14H22N2O2/c1-10-7-5-6-8-12(10)11(2)16(3)14(17)13(15)9-18-4/h5-8,11,13H,9,15H2,1-4H3. The summed E-state index contributed by atoms with van der Waals surface area (Å²) in [7, 11) is 3.31. The first kappa shape index (κ1) is 14.7. The van der Waals surface area contributed by atoms with Crippen LogP contribution in [0.5, 0.6) is 0 Å². The Kier molecular flexibility index (Phi) is 5.31. The molecule has 0 saturated carbocycles. The number of hydrogen-bond donors (Lipinski definition) is 1. The first-order valence-corrected chi connectivity index (χ1v) is 6.05. The van der Waals surface area contributed by atoms with E-state index in [9.17, 15) is 4.79 Å². The maximum atomic E-state index is 12.1. The highest BCUT2D eigenvalue weighted by atomic mass is 16.5. The van der Waals surface area contributed by atoms with Gasteiger partial charge in [0.25, 0.3) is 0 Å². The van der Waals surface area contributed by atoms with Crippen LogP contribution >= 0.6 is 0 Å². The zero-order valence-electron chi connectivity index (χ0n) is 11.5. The van der Waals surface area contributed by atoms with Crippen molar-refractivity contribution < 1.29 is 9.53 Å². The van der Waals surface area contributed by atoms with Crippen LogP contribution in [0.1, 0.15) is 24.1 Å². The second-order valence-corrected chi connectivity index (χ2v) is 4.54. The molecule has 0 bridgehead atoms. The van der Waals surface area contributed by atoms with Crippen molar-refractivity contribution in [3.05, 3.63) is 35.4 Å². The summed E-state index contributed by atoms with van der Waals surface area (Å²) in [4.78, 5) is 13.8. The van der Waals surface area contributed by atoms with E-state index in [2.05, 4.69) is 0 Å². The zero-order valence-corrected chi connectivity index (χ0v) is 11.5. The smallest absolute Gasteiger partial charge is 0.242 e. The molecule has 0 saturated heterocycles. The molecule has 0 spiro atoms. The summed E-state index contributed by atoms with van der Waals surface area (Å²) in [6, 6.07) is 7.44. The molecule has 0 fully saturated rings. The second kappa shape index (κ2) is 6.52. The van der Waals surface area contributed by atoms with Gasteiger partial charge in [-0.3, -0.25) is 4.79 Å². The first-order valence-electron chi connectivity index (χ1n) is 6.05. The van der Waals surface area contributed by atoms with Crippen LogP contribution in [-0.2, 0) is 9.53 Å². The summed E-state index contributed by atoms with van der Waals surface area (Å²) < 4.78 is 4.91. The highest BCUT2D eigenvalue weighted by molar-refractivity contribution is 5.82. The first-order chi connectivity index (χ1) is 8.49. The lowest BCUT2D eigenvalue weighted by molar-refractivity contribution is -0.134. The van der Waals surface area contributed by atoms with Crippen LogP contribution in [0.15, 0.2) is 24.3 Å². The molecule has 18 heavy (non-hydrogen) atoms. The molecule has 0 aromatic heterocycles. The molecule has 4 nitrogen and oxygen atoms in total. The van der Waals surface area contributed by atoms with Crippen LogP contribution in [0.25, 0.3) is 0 Å². The minimum absolute atomic E-state index is 0.00149. The number of amides is 1. The number of ether oxygens (including phenoxy) is 1. The monoisotopic (exact) mass is 250 g/mol. The summed E-state index contributed by atoms with van der Waals surface area (Å²) in [6.07, 6.45) is 0. The summed E-state index contributed by atoms with van der Waals surface area (Å²) in [5.74, 6) is -0.104. The van der Waals surface area contributed by atoms with Gasteiger partial charge in [-0.25, -0.2) is 0 Å². The molecule has 2 atom stereocenters. The van der Waals surface area contributed by atoms with Gasteiger partial charge in [-0.2, -0.15) is 0 Å². The molecule has 2 N–H and O–H groups in total. The second-order valence-electron chi connectivity index (χ2n) is 4.54. The van der Waals surface area contributed by atoms with Gasteiger partial charge in [-0.05, 0) is 25.0 Å². The Labute approximate surface area is 109 Å². The van der Waals surface area contributed by atoms with Crippen LogP contribution in [0.3, 0.4) is 0 Å². The van der Waals surface area contributed by atoms with Crippen molar-refractivity contribution in [2.45, 2.75) is 25.9 Å². The van der Waals surface area contributed by atoms with Gasteiger partial charge < -0.3 is 15.4 Å². The third-order valence-corrected chi connectivity index (χ3v) is 3.23. The zero-order chi connectivity index (χ0) is 13.7. The van der Waals surface area contributed by atoms with Gasteiger partial charge in [0, 0.05) is 14.2 Å². The van der Waals surface area contributed by atoms with E-state index in [4.69, 9.17) is 10.5 Å². The van der Waals surface area contributed by atoms with Crippen LogP contribution in [0.2, 0.25) is 0 Å². The maximum Gasteiger partial charge on any atom is 0.242 e. The van der Waals surface area contributed by atoms with E-state index < -0.39 is 6.04 Å². The average Bonchev–Trinajstić information content (AvgIpc) is 2.37. The van der Waals surface area contributed by atoms with Gasteiger partial charge in [0.1, 0.15) is 6.04 Å². The Morgan fingerprint density at radius 2 is 2.06 bits per heavy atom. The van der Waals surface area contributed by atoms with Gasteiger partial charge in [0.2, 0.25) is 5.91 Å². The number of carbonyl (C=O) groups is 1. The van der Waals surface area contributed by atoms with Crippen LogP contribution in [0, 0.1) is 6.92 Å². The number of rotatable bonds is 5. The Bertz CT molecular complexity index is 407.